The molecule has 0 bridgehead atoms. The van der Waals surface area contributed by atoms with Crippen molar-refractivity contribution in [1.82, 2.24) is 9.80 Å². The van der Waals surface area contributed by atoms with Gasteiger partial charge in [-0.25, -0.2) is 0 Å². The molecule has 1 amide bonds. The fourth-order valence-electron chi connectivity index (χ4n) is 4.25. The molecule has 2 aromatic rings. The second-order valence-electron chi connectivity index (χ2n) is 7.88. The summed E-state index contributed by atoms with van der Waals surface area (Å²) in [7, 11) is 0. The van der Waals surface area contributed by atoms with E-state index in [1.165, 1.54) is 11.1 Å². The summed E-state index contributed by atoms with van der Waals surface area (Å²) >= 11 is 0. The molecule has 4 nitrogen and oxygen atoms in total. The van der Waals surface area contributed by atoms with Crippen LogP contribution in [0.25, 0.3) is 0 Å². The maximum atomic E-state index is 12.6. The molecule has 4 heteroatoms. The number of piperidine rings is 1. The molecule has 2 saturated heterocycles. The van der Waals surface area contributed by atoms with Gasteiger partial charge in [-0.2, -0.15) is 0 Å². The van der Waals surface area contributed by atoms with E-state index in [1.807, 2.05) is 35.2 Å². The van der Waals surface area contributed by atoms with Crippen LogP contribution in [0.15, 0.2) is 54.6 Å². The highest BCUT2D eigenvalue weighted by molar-refractivity contribution is 5.94. The first-order valence-corrected chi connectivity index (χ1v) is 10.5. The largest absolute Gasteiger partial charge is 0.379 e. The van der Waals surface area contributed by atoms with Gasteiger partial charge in [-0.15, -0.1) is 0 Å². The molecule has 148 valence electrons. The van der Waals surface area contributed by atoms with Gasteiger partial charge >= 0.3 is 0 Å². The van der Waals surface area contributed by atoms with Gasteiger partial charge in [-0.05, 0) is 48.4 Å². The van der Waals surface area contributed by atoms with E-state index in [4.69, 9.17) is 4.74 Å². The van der Waals surface area contributed by atoms with E-state index in [2.05, 4.69) is 29.2 Å². The Labute approximate surface area is 168 Å². The number of amides is 1. The Hall–Kier alpha value is -2.17. The first-order chi connectivity index (χ1) is 13.8. The molecule has 0 atom stereocenters. The quantitative estimate of drug-likeness (QED) is 0.797. The molecule has 2 aliphatic heterocycles. The van der Waals surface area contributed by atoms with Crippen molar-refractivity contribution in [1.29, 1.82) is 0 Å². The van der Waals surface area contributed by atoms with Gasteiger partial charge in [0.15, 0.2) is 0 Å². The van der Waals surface area contributed by atoms with Gasteiger partial charge in [0.05, 0.1) is 13.2 Å². The van der Waals surface area contributed by atoms with E-state index in [1.54, 1.807) is 0 Å². The molecule has 2 aromatic carbocycles. The van der Waals surface area contributed by atoms with Crippen LogP contribution in [0.4, 0.5) is 0 Å². The number of nitrogens with zero attached hydrogens (tertiary/aromatic N) is 2. The van der Waals surface area contributed by atoms with Crippen molar-refractivity contribution < 1.29 is 9.53 Å². The molecule has 0 unspecified atom stereocenters. The van der Waals surface area contributed by atoms with Crippen molar-refractivity contribution in [3.8, 4) is 0 Å². The lowest BCUT2D eigenvalue weighted by molar-refractivity contribution is 0.0384. The number of rotatable bonds is 5. The van der Waals surface area contributed by atoms with Crippen LogP contribution in [-0.4, -0.2) is 61.6 Å². The van der Waals surface area contributed by atoms with Gasteiger partial charge < -0.3 is 9.64 Å². The topological polar surface area (TPSA) is 32.8 Å². The minimum absolute atomic E-state index is 0.164. The summed E-state index contributed by atoms with van der Waals surface area (Å²) in [5.41, 5.74) is 3.62. The van der Waals surface area contributed by atoms with Gasteiger partial charge in [0.25, 0.3) is 5.91 Å². The molecule has 0 radical (unpaired) electrons. The number of hydrogen-bond acceptors (Lipinski definition) is 3. The molecule has 2 heterocycles. The normalized spacial score (nSPS) is 18.9. The number of ether oxygens (including phenoxy) is 1. The van der Waals surface area contributed by atoms with E-state index >= 15 is 0 Å². The number of carbonyl (C=O) groups is 1. The number of carbonyl (C=O) groups excluding carboxylic acids is 1. The van der Waals surface area contributed by atoms with E-state index in [9.17, 15) is 4.79 Å². The first kappa shape index (κ1) is 19.2. The minimum atomic E-state index is 0.164. The van der Waals surface area contributed by atoms with Gasteiger partial charge in [0.2, 0.25) is 0 Å². The Morgan fingerprint density at radius 2 is 1.57 bits per heavy atom. The zero-order valence-corrected chi connectivity index (χ0v) is 16.6. The molecular formula is C24H30N2O2. The third kappa shape index (κ3) is 4.81. The zero-order valence-electron chi connectivity index (χ0n) is 16.6. The summed E-state index contributed by atoms with van der Waals surface area (Å²) in [5, 5.41) is 0. The zero-order chi connectivity index (χ0) is 19.2. The van der Waals surface area contributed by atoms with Crippen LogP contribution in [0.5, 0.6) is 0 Å². The predicted octanol–water partition coefficient (Wildman–Crippen LogP) is 3.58. The van der Waals surface area contributed by atoms with Gasteiger partial charge in [0.1, 0.15) is 0 Å². The highest BCUT2D eigenvalue weighted by Gasteiger charge is 2.24. The first-order valence-electron chi connectivity index (χ1n) is 10.5. The lowest BCUT2D eigenvalue weighted by Gasteiger charge is -2.32. The predicted molar refractivity (Wildman–Crippen MR) is 112 cm³/mol. The second-order valence-corrected chi connectivity index (χ2v) is 7.88. The second kappa shape index (κ2) is 9.35. The maximum absolute atomic E-state index is 12.6. The Morgan fingerprint density at radius 1 is 0.893 bits per heavy atom. The molecule has 0 spiro atoms. The van der Waals surface area contributed by atoms with Crippen LogP contribution in [0.3, 0.4) is 0 Å². The number of likely N-dealkylation sites (tertiary alicyclic amines) is 1. The molecule has 2 aliphatic rings. The van der Waals surface area contributed by atoms with Crippen molar-refractivity contribution in [2.24, 2.45) is 0 Å². The monoisotopic (exact) mass is 378 g/mol. The summed E-state index contributed by atoms with van der Waals surface area (Å²) in [6, 6.07) is 18.8. The smallest absolute Gasteiger partial charge is 0.253 e. The van der Waals surface area contributed by atoms with Crippen molar-refractivity contribution in [2.75, 3.05) is 45.9 Å². The van der Waals surface area contributed by atoms with Crippen LogP contribution in [0.2, 0.25) is 0 Å². The lowest BCUT2D eigenvalue weighted by atomic mass is 9.88. The summed E-state index contributed by atoms with van der Waals surface area (Å²) < 4.78 is 5.42. The van der Waals surface area contributed by atoms with Crippen LogP contribution in [0.1, 0.15) is 40.2 Å². The SMILES string of the molecule is O=C(c1ccccc1)N1CCC(c2ccc(CCN3CCOCC3)cc2)CC1. The number of benzene rings is 2. The van der Waals surface area contributed by atoms with Gasteiger partial charge in [-0.1, -0.05) is 42.5 Å². The summed E-state index contributed by atoms with van der Waals surface area (Å²) in [6.45, 7) is 6.64. The number of hydrogen-bond donors (Lipinski definition) is 0. The minimum Gasteiger partial charge on any atom is -0.379 e. The lowest BCUT2D eigenvalue weighted by Crippen LogP contribution is -2.38. The Kier molecular flexibility index (Phi) is 6.40. The maximum Gasteiger partial charge on any atom is 0.253 e. The molecule has 0 N–H and O–H groups in total. The average molecular weight is 379 g/mol. The average Bonchev–Trinajstić information content (AvgIpc) is 2.79. The van der Waals surface area contributed by atoms with Gasteiger partial charge in [-0.3, -0.25) is 9.69 Å². The molecular weight excluding hydrogens is 348 g/mol. The fourth-order valence-corrected chi connectivity index (χ4v) is 4.25. The summed E-state index contributed by atoms with van der Waals surface area (Å²) in [5.74, 6) is 0.727. The molecule has 0 saturated carbocycles. The van der Waals surface area contributed by atoms with Crippen molar-refractivity contribution in [3.63, 3.8) is 0 Å². The summed E-state index contributed by atoms with van der Waals surface area (Å²) in [6.07, 6.45) is 3.20. The fraction of sp³-hybridized carbons (Fsp3) is 0.458. The highest BCUT2D eigenvalue weighted by atomic mass is 16.5. The molecule has 0 aliphatic carbocycles. The van der Waals surface area contributed by atoms with Crippen LogP contribution in [0, 0.1) is 0 Å². The third-order valence-corrected chi connectivity index (χ3v) is 6.07. The standard InChI is InChI=1S/C24H30N2O2/c27-24(23-4-2-1-3-5-23)26-14-11-22(12-15-26)21-8-6-20(7-9-21)10-13-25-16-18-28-19-17-25/h1-9,22H,10-19H2. The van der Waals surface area contributed by atoms with Crippen LogP contribution < -0.4 is 0 Å². The van der Waals surface area contributed by atoms with Crippen LogP contribution >= 0.6 is 0 Å². The van der Waals surface area contributed by atoms with Crippen molar-refractivity contribution in [3.05, 3.63) is 71.3 Å². The Bertz CT molecular complexity index is 746. The van der Waals surface area contributed by atoms with Crippen molar-refractivity contribution >= 4 is 5.91 Å². The highest BCUT2D eigenvalue weighted by Crippen LogP contribution is 2.29. The Morgan fingerprint density at radius 3 is 2.25 bits per heavy atom. The van der Waals surface area contributed by atoms with Gasteiger partial charge in [0, 0.05) is 38.3 Å². The van der Waals surface area contributed by atoms with E-state index in [0.717, 1.165) is 70.8 Å². The van der Waals surface area contributed by atoms with E-state index < -0.39 is 0 Å². The van der Waals surface area contributed by atoms with E-state index in [-0.39, 0.29) is 5.91 Å². The molecule has 28 heavy (non-hydrogen) atoms. The Balaban J connectivity index is 1.27. The number of morpholine rings is 1. The van der Waals surface area contributed by atoms with Crippen molar-refractivity contribution in [2.45, 2.75) is 25.2 Å². The summed E-state index contributed by atoms with van der Waals surface area (Å²) in [4.78, 5) is 17.1. The van der Waals surface area contributed by atoms with Crippen LogP contribution in [-0.2, 0) is 11.2 Å². The third-order valence-electron chi connectivity index (χ3n) is 6.07. The van der Waals surface area contributed by atoms with E-state index in [0.29, 0.717) is 5.92 Å². The molecule has 4 rings (SSSR count). The molecule has 2 fully saturated rings. The molecule has 0 aromatic heterocycles.